The average Bonchev–Trinajstić information content (AvgIpc) is 3.46. The SMILES string of the molecule is O=C(CSc1ccc(NC(=O)C2CC2)nn1)Nc1ccc(C(F)(F)F)cc1. The lowest BCUT2D eigenvalue weighted by molar-refractivity contribution is -0.137. The van der Waals surface area contributed by atoms with Crippen LogP contribution in [0.5, 0.6) is 0 Å². The first-order valence-corrected chi connectivity index (χ1v) is 9.04. The zero-order valence-corrected chi connectivity index (χ0v) is 14.7. The summed E-state index contributed by atoms with van der Waals surface area (Å²) in [6.07, 6.45) is -2.64. The molecule has 27 heavy (non-hydrogen) atoms. The molecule has 0 radical (unpaired) electrons. The topological polar surface area (TPSA) is 84.0 Å². The quantitative estimate of drug-likeness (QED) is 0.730. The van der Waals surface area contributed by atoms with E-state index in [0.717, 1.165) is 36.7 Å². The number of carbonyl (C=O) groups excluding carboxylic acids is 2. The lowest BCUT2D eigenvalue weighted by Crippen LogP contribution is -2.15. The first-order chi connectivity index (χ1) is 12.8. The van der Waals surface area contributed by atoms with Gasteiger partial charge in [0, 0.05) is 11.6 Å². The summed E-state index contributed by atoms with van der Waals surface area (Å²) in [5, 5.41) is 13.5. The van der Waals surface area contributed by atoms with Gasteiger partial charge in [0.05, 0.1) is 11.3 Å². The fraction of sp³-hybridized carbons (Fsp3) is 0.294. The van der Waals surface area contributed by atoms with E-state index in [0.29, 0.717) is 10.8 Å². The summed E-state index contributed by atoms with van der Waals surface area (Å²) in [7, 11) is 0. The van der Waals surface area contributed by atoms with Gasteiger partial charge in [-0.05, 0) is 49.2 Å². The fourth-order valence-corrected chi connectivity index (χ4v) is 2.73. The summed E-state index contributed by atoms with van der Waals surface area (Å²) in [5.74, 6) is -0.0165. The highest BCUT2D eigenvalue weighted by molar-refractivity contribution is 7.99. The number of benzene rings is 1. The number of thioether (sulfide) groups is 1. The third kappa shape index (κ3) is 5.68. The van der Waals surface area contributed by atoms with Crippen LogP contribution in [0.4, 0.5) is 24.7 Å². The molecule has 0 spiro atoms. The first-order valence-electron chi connectivity index (χ1n) is 8.06. The number of nitrogens with one attached hydrogen (secondary N) is 2. The van der Waals surface area contributed by atoms with Crippen molar-refractivity contribution in [3.63, 3.8) is 0 Å². The predicted octanol–water partition coefficient (Wildman–Crippen LogP) is 3.57. The van der Waals surface area contributed by atoms with Gasteiger partial charge in [0.1, 0.15) is 5.03 Å². The Bertz CT molecular complexity index is 822. The van der Waals surface area contributed by atoms with E-state index < -0.39 is 11.7 Å². The smallest absolute Gasteiger partial charge is 0.325 e. The lowest BCUT2D eigenvalue weighted by atomic mass is 10.2. The number of rotatable bonds is 6. The Labute approximate surface area is 156 Å². The second-order valence-electron chi connectivity index (χ2n) is 5.93. The molecular weight excluding hydrogens is 381 g/mol. The molecule has 1 heterocycles. The molecule has 142 valence electrons. The molecule has 0 saturated heterocycles. The van der Waals surface area contributed by atoms with Gasteiger partial charge in [0.25, 0.3) is 0 Å². The number of hydrogen-bond acceptors (Lipinski definition) is 5. The van der Waals surface area contributed by atoms with Crippen LogP contribution >= 0.6 is 11.8 Å². The van der Waals surface area contributed by atoms with Crippen molar-refractivity contribution < 1.29 is 22.8 Å². The zero-order valence-electron chi connectivity index (χ0n) is 13.9. The number of hydrogen-bond donors (Lipinski definition) is 2. The molecule has 0 bridgehead atoms. The van der Waals surface area contributed by atoms with E-state index in [1.54, 1.807) is 12.1 Å². The molecule has 2 amide bonds. The van der Waals surface area contributed by atoms with Crippen molar-refractivity contribution in [1.29, 1.82) is 0 Å². The van der Waals surface area contributed by atoms with Crippen LogP contribution in [0.15, 0.2) is 41.4 Å². The van der Waals surface area contributed by atoms with Crippen molar-refractivity contribution in [1.82, 2.24) is 10.2 Å². The van der Waals surface area contributed by atoms with Crippen molar-refractivity contribution in [2.24, 2.45) is 5.92 Å². The number of alkyl halides is 3. The molecule has 0 aliphatic heterocycles. The number of anilines is 2. The van der Waals surface area contributed by atoms with Crippen LogP contribution in [0, 0.1) is 5.92 Å². The Morgan fingerprint density at radius 2 is 1.74 bits per heavy atom. The minimum atomic E-state index is -4.42. The van der Waals surface area contributed by atoms with Gasteiger partial charge in [-0.15, -0.1) is 10.2 Å². The van der Waals surface area contributed by atoms with Crippen LogP contribution in [0.25, 0.3) is 0 Å². The molecule has 3 rings (SSSR count). The Hall–Kier alpha value is -2.62. The molecule has 6 nitrogen and oxygen atoms in total. The lowest BCUT2D eigenvalue weighted by Gasteiger charge is -2.08. The van der Waals surface area contributed by atoms with E-state index in [4.69, 9.17) is 0 Å². The third-order valence-electron chi connectivity index (χ3n) is 3.69. The highest BCUT2D eigenvalue weighted by atomic mass is 32.2. The largest absolute Gasteiger partial charge is 0.416 e. The molecule has 1 aromatic heterocycles. The van der Waals surface area contributed by atoms with Gasteiger partial charge in [-0.1, -0.05) is 11.8 Å². The Morgan fingerprint density at radius 1 is 1.04 bits per heavy atom. The van der Waals surface area contributed by atoms with Gasteiger partial charge in [-0.2, -0.15) is 13.2 Å². The highest BCUT2D eigenvalue weighted by Crippen LogP contribution is 2.30. The molecular formula is C17H15F3N4O2S. The molecule has 1 saturated carbocycles. The Morgan fingerprint density at radius 3 is 2.30 bits per heavy atom. The van der Waals surface area contributed by atoms with Crippen molar-refractivity contribution in [3.8, 4) is 0 Å². The van der Waals surface area contributed by atoms with Crippen LogP contribution in [0.3, 0.4) is 0 Å². The maximum atomic E-state index is 12.5. The molecule has 1 aliphatic rings. The molecule has 2 aromatic rings. The van der Waals surface area contributed by atoms with Gasteiger partial charge in [0.2, 0.25) is 11.8 Å². The minimum Gasteiger partial charge on any atom is -0.325 e. The van der Waals surface area contributed by atoms with Crippen LogP contribution in [0.2, 0.25) is 0 Å². The zero-order chi connectivity index (χ0) is 19.4. The van der Waals surface area contributed by atoms with Gasteiger partial charge in [-0.3, -0.25) is 9.59 Å². The van der Waals surface area contributed by atoms with Crippen LogP contribution < -0.4 is 10.6 Å². The van der Waals surface area contributed by atoms with Crippen molar-refractivity contribution in [2.75, 3.05) is 16.4 Å². The number of aromatic nitrogens is 2. The second kappa shape index (κ2) is 7.95. The minimum absolute atomic E-state index is 0.0173. The van der Waals surface area contributed by atoms with E-state index in [1.165, 1.54) is 12.1 Å². The third-order valence-corrected chi connectivity index (χ3v) is 4.61. The van der Waals surface area contributed by atoms with Crippen LogP contribution in [0.1, 0.15) is 18.4 Å². The standard InChI is InChI=1S/C17H15F3N4O2S/c18-17(19,20)11-3-5-12(6-4-11)21-14(25)9-27-15-8-7-13(23-24-15)22-16(26)10-1-2-10/h3-8,10H,1-2,9H2,(H,21,25)(H,22,23,26). The van der Waals surface area contributed by atoms with Crippen molar-refractivity contribution >= 4 is 35.1 Å². The monoisotopic (exact) mass is 396 g/mol. The Kier molecular flexibility index (Phi) is 5.64. The van der Waals surface area contributed by atoms with Crippen LogP contribution in [-0.4, -0.2) is 27.8 Å². The number of carbonyl (C=O) groups is 2. The molecule has 0 atom stereocenters. The predicted molar refractivity (Wildman–Crippen MR) is 94.2 cm³/mol. The summed E-state index contributed by atoms with van der Waals surface area (Å²) >= 11 is 1.12. The average molecular weight is 396 g/mol. The number of amides is 2. The summed E-state index contributed by atoms with van der Waals surface area (Å²) in [4.78, 5) is 23.5. The van der Waals surface area contributed by atoms with Gasteiger partial charge in [-0.25, -0.2) is 0 Å². The molecule has 10 heteroatoms. The highest BCUT2D eigenvalue weighted by Gasteiger charge is 2.30. The summed E-state index contributed by atoms with van der Waals surface area (Å²) < 4.78 is 37.5. The molecule has 2 N–H and O–H groups in total. The maximum Gasteiger partial charge on any atom is 0.416 e. The van der Waals surface area contributed by atoms with Crippen molar-refractivity contribution in [3.05, 3.63) is 42.0 Å². The van der Waals surface area contributed by atoms with E-state index in [1.807, 2.05) is 0 Å². The molecule has 1 fully saturated rings. The maximum absolute atomic E-state index is 12.5. The van der Waals surface area contributed by atoms with E-state index >= 15 is 0 Å². The summed E-state index contributed by atoms with van der Waals surface area (Å²) in [6.45, 7) is 0. The summed E-state index contributed by atoms with van der Waals surface area (Å²) in [6, 6.07) is 7.44. The van der Waals surface area contributed by atoms with Gasteiger partial charge in [0.15, 0.2) is 5.82 Å². The Balaban J connectivity index is 1.46. The van der Waals surface area contributed by atoms with E-state index in [9.17, 15) is 22.8 Å². The van der Waals surface area contributed by atoms with E-state index in [-0.39, 0.29) is 29.2 Å². The van der Waals surface area contributed by atoms with E-state index in [2.05, 4.69) is 20.8 Å². The molecule has 0 unspecified atom stereocenters. The fourth-order valence-electron chi connectivity index (χ4n) is 2.12. The van der Waals surface area contributed by atoms with Gasteiger partial charge >= 0.3 is 6.18 Å². The number of halogens is 3. The van der Waals surface area contributed by atoms with Crippen LogP contribution in [-0.2, 0) is 15.8 Å². The molecule has 1 aliphatic carbocycles. The molecule has 1 aromatic carbocycles. The second-order valence-corrected chi connectivity index (χ2v) is 6.93. The first kappa shape index (κ1) is 19.2. The number of nitrogens with zero attached hydrogens (tertiary/aromatic N) is 2. The summed E-state index contributed by atoms with van der Waals surface area (Å²) in [5.41, 5.74) is -0.503. The van der Waals surface area contributed by atoms with Gasteiger partial charge < -0.3 is 10.6 Å². The van der Waals surface area contributed by atoms with Crippen molar-refractivity contribution in [2.45, 2.75) is 24.0 Å². The normalized spacial score (nSPS) is 13.9.